The molecule has 0 aliphatic heterocycles. The highest BCUT2D eigenvalue weighted by Crippen LogP contribution is 2.28. The Balaban J connectivity index is 1.73. The number of carbonyl (C=O) groups excluding carboxylic acids is 1. The molecule has 0 aromatic heterocycles. The quantitative estimate of drug-likeness (QED) is 0.676. The van der Waals surface area contributed by atoms with E-state index in [4.69, 9.17) is 9.47 Å². The SMILES string of the molecule is Cc1ccc(C(C)C)c(O[C@H](C)C(=O)NCCCOC2CCCC2)c1. The van der Waals surface area contributed by atoms with E-state index in [1.807, 2.05) is 13.0 Å². The van der Waals surface area contributed by atoms with Crippen LogP contribution in [-0.4, -0.2) is 31.3 Å². The van der Waals surface area contributed by atoms with Crippen LogP contribution in [0.25, 0.3) is 0 Å². The van der Waals surface area contributed by atoms with E-state index in [1.165, 1.54) is 25.7 Å². The fourth-order valence-corrected chi connectivity index (χ4v) is 3.20. The summed E-state index contributed by atoms with van der Waals surface area (Å²) in [4.78, 5) is 12.3. The summed E-state index contributed by atoms with van der Waals surface area (Å²) in [6.07, 6.45) is 5.72. The van der Waals surface area contributed by atoms with Crippen molar-refractivity contribution in [3.8, 4) is 5.75 Å². The van der Waals surface area contributed by atoms with Gasteiger partial charge < -0.3 is 14.8 Å². The standard InChI is InChI=1S/C21H33NO3/c1-15(2)19-11-10-16(3)14-20(19)25-17(4)21(23)22-12-7-13-24-18-8-5-6-9-18/h10-11,14-15,17-18H,5-9,12-13H2,1-4H3,(H,22,23)/t17-/m1/s1. The first-order chi connectivity index (χ1) is 12.0. The normalized spacial score (nSPS) is 16.2. The Hall–Kier alpha value is -1.55. The Bertz CT molecular complexity index is 550. The molecule has 1 aliphatic rings. The van der Waals surface area contributed by atoms with Crippen LogP contribution in [0.2, 0.25) is 0 Å². The second-order valence-corrected chi connectivity index (χ2v) is 7.38. The van der Waals surface area contributed by atoms with Crippen LogP contribution in [0, 0.1) is 6.92 Å². The van der Waals surface area contributed by atoms with Gasteiger partial charge in [0.1, 0.15) is 5.75 Å². The van der Waals surface area contributed by atoms with Crippen LogP contribution in [0.4, 0.5) is 0 Å². The average Bonchev–Trinajstić information content (AvgIpc) is 3.07. The first kappa shape index (κ1) is 19.8. The van der Waals surface area contributed by atoms with E-state index in [0.29, 0.717) is 18.6 Å². The summed E-state index contributed by atoms with van der Waals surface area (Å²) in [5.74, 6) is 1.10. The Morgan fingerprint density at radius 1 is 1.24 bits per heavy atom. The van der Waals surface area contributed by atoms with Crippen molar-refractivity contribution in [2.24, 2.45) is 0 Å². The van der Waals surface area contributed by atoms with Crippen molar-refractivity contribution >= 4 is 5.91 Å². The molecule has 0 unspecified atom stereocenters. The molecule has 1 N–H and O–H groups in total. The number of benzene rings is 1. The lowest BCUT2D eigenvalue weighted by Gasteiger charge is -2.19. The van der Waals surface area contributed by atoms with Crippen molar-refractivity contribution in [2.75, 3.05) is 13.2 Å². The fraction of sp³-hybridized carbons (Fsp3) is 0.667. The third kappa shape index (κ3) is 6.35. The number of aryl methyl sites for hydroxylation is 1. The maximum atomic E-state index is 12.3. The summed E-state index contributed by atoms with van der Waals surface area (Å²) in [5.41, 5.74) is 2.27. The number of ether oxygens (including phenoxy) is 2. The van der Waals surface area contributed by atoms with Gasteiger partial charge in [-0.3, -0.25) is 4.79 Å². The lowest BCUT2D eigenvalue weighted by molar-refractivity contribution is -0.127. The molecule has 2 rings (SSSR count). The minimum Gasteiger partial charge on any atom is -0.481 e. The van der Waals surface area contributed by atoms with E-state index in [9.17, 15) is 4.79 Å². The maximum absolute atomic E-state index is 12.3. The monoisotopic (exact) mass is 347 g/mol. The Kier molecular flexibility index (Phi) is 7.76. The molecule has 0 spiro atoms. The van der Waals surface area contributed by atoms with E-state index in [2.05, 4.69) is 31.3 Å². The lowest BCUT2D eigenvalue weighted by Crippen LogP contribution is -2.37. The lowest BCUT2D eigenvalue weighted by atomic mass is 10.0. The zero-order chi connectivity index (χ0) is 18.2. The van der Waals surface area contributed by atoms with Crippen LogP contribution in [-0.2, 0) is 9.53 Å². The number of hydrogen-bond acceptors (Lipinski definition) is 3. The molecule has 1 fully saturated rings. The summed E-state index contributed by atoms with van der Waals surface area (Å²) in [7, 11) is 0. The minimum atomic E-state index is -0.505. The van der Waals surface area contributed by atoms with Crippen LogP contribution < -0.4 is 10.1 Å². The Labute approximate surface area is 152 Å². The number of rotatable bonds is 9. The van der Waals surface area contributed by atoms with Crippen molar-refractivity contribution in [1.82, 2.24) is 5.32 Å². The molecule has 1 amide bonds. The molecular weight excluding hydrogens is 314 g/mol. The first-order valence-electron chi connectivity index (χ1n) is 9.64. The third-order valence-electron chi connectivity index (χ3n) is 4.74. The van der Waals surface area contributed by atoms with Gasteiger partial charge in [-0.1, -0.05) is 38.8 Å². The molecule has 1 atom stereocenters. The largest absolute Gasteiger partial charge is 0.481 e. The average molecular weight is 347 g/mol. The van der Waals surface area contributed by atoms with Crippen molar-refractivity contribution in [1.29, 1.82) is 0 Å². The van der Waals surface area contributed by atoms with Gasteiger partial charge in [0.05, 0.1) is 6.10 Å². The van der Waals surface area contributed by atoms with E-state index < -0.39 is 6.10 Å². The Morgan fingerprint density at radius 2 is 1.96 bits per heavy atom. The molecule has 0 heterocycles. The summed E-state index contributed by atoms with van der Waals surface area (Å²) in [6.45, 7) is 9.45. The topological polar surface area (TPSA) is 47.6 Å². The number of amides is 1. The van der Waals surface area contributed by atoms with E-state index in [-0.39, 0.29) is 5.91 Å². The predicted molar refractivity (Wildman–Crippen MR) is 101 cm³/mol. The summed E-state index contributed by atoms with van der Waals surface area (Å²) < 4.78 is 11.8. The molecule has 1 saturated carbocycles. The molecule has 0 radical (unpaired) electrons. The Morgan fingerprint density at radius 3 is 2.64 bits per heavy atom. The van der Waals surface area contributed by atoms with Crippen LogP contribution in [0.5, 0.6) is 5.75 Å². The van der Waals surface area contributed by atoms with Crippen molar-refractivity contribution in [2.45, 2.75) is 77.9 Å². The second-order valence-electron chi connectivity index (χ2n) is 7.38. The van der Waals surface area contributed by atoms with E-state index in [0.717, 1.165) is 29.9 Å². The van der Waals surface area contributed by atoms with E-state index >= 15 is 0 Å². The number of carbonyl (C=O) groups is 1. The van der Waals surface area contributed by atoms with Crippen molar-refractivity contribution in [3.63, 3.8) is 0 Å². The molecule has 0 saturated heterocycles. The highest BCUT2D eigenvalue weighted by atomic mass is 16.5. The molecular formula is C21H33NO3. The van der Waals surface area contributed by atoms with Gasteiger partial charge >= 0.3 is 0 Å². The van der Waals surface area contributed by atoms with Gasteiger partial charge in [0, 0.05) is 13.2 Å². The van der Waals surface area contributed by atoms with Gasteiger partial charge in [0.15, 0.2) is 6.10 Å². The van der Waals surface area contributed by atoms with Crippen molar-refractivity contribution < 1.29 is 14.3 Å². The van der Waals surface area contributed by atoms with Crippen LogP contribution in [0.15, 0.2) is 18.2 Å². The third-order valence-corrected chi connectivity index (χ3v) is 4.74. The van der Waals surface area contributed by atoms with Gasteiger partial charge in [-0.2, -0.15) is 0 Å². The van der Waals surface area contributed by atoms with Crippen molar-refractivity contribution in [3.05, 3.63) is 29.3 Å². The smallest absolute Gasteiger partial charge is 0.260 e. The highest BCUT2D eigenvalue weighted by molar-refractivity contribution is 5.80. The molecule has 140 valence electrons. The van der Waals surface area contributed by atoms with E-state index in [1.54, 1.807) is 6.92 Å². The van der Waals surface area contributed by atoms with Gasteiger partial charge in [-0.25, -0.2) is 0 Å². The predicted octanol–water partition coefficient (Wildman–Crippen LogP) is 4.35. The highest BCUT2D eigenvalue weighted by Gasteiger charge is 2.18. The maximum Gasteiger partial charge on any atom is 0.260 e. The zero-order valence-corrected chi connectivity index (χ0v) is 16.1. The summed E-state index contributed by atoms with van der Waals surface area (Å²) in [5, 5.41) is 2.95. The molecule has 1 aliphatic carbocycles. The van der Waals surface area contributed by atoms with Gasteiger partial charge in [0.25, 0.3) is 5.91 Å². The molecule has 4 heteroatoms. The number of nitrogens with one attached hydrogen (secondary N) is 1. The van der Waals surface area contributed by atoms with Gasteiger partial charge in [-0.05, 0) is 56.2 Å². The van der Waals surface area contributed by atoms with Gasteiger partial charge in [-0.15, -0.1) is 0 Å². The first-order valence-corrected chi connectivity index (χ1v) is 9.64. The summed E-state index contributed by atoms with van der Waals surface area (Å²) >= 11 is 0. The minimum absolute atomic E-state index is 0.0721. The van der Waals surface area contributed by atoms with Crippen LogP contribution >= 0.6 is 0 Å². The molecule has 0 bridgehead atoms. The molecule has 1 aromatic rings. The van der Waals surface area contributed by atoms with Crippen LogP contribution in [0.3, 0.4) is 0 Å². The van der Waals surface area contributed by atoms with Gasteiger partial charge in [0.2, 0.25) is 0 Å². The summed E-state index contributed by atoms with van der Waals surface area (Å²) in [6, 6.07) is 6.17. The molecule has 1 aromatic carbocycles. The molecule has 25 heavy (non-hydrogen) atoms. The van der Waals surface area contributed by atoms with Crippen LogP contribution in [0.1, 0.15) is 69.9 Å². The second kappa shape index (κ2) is 9.81. The molecule has 4 nitrogen and oxygen atoms in total. The zero-order valence-electron chi connectivity index (χ0n) is 16.1. The fourth-order valence-electron chi connectivity index (χ4n) is 3.20. The number of hydrogen-bond donors (Lipinski definition) is 1.